The third kappa shape index (κ3) is 3.33. The zero-order chi connectivity index (χ0) is 23.4. The second kappa shape index (κ2) is 8.40. The molecule has 0 bridgehead atoms. The van der Waals surface area contributed by atoms with Crippen LogP contribution in [0.4, 0.5) is 0 Å². The summed E-state index contributed by atoms with van der Waals surface area (Å²) in [7, 11) is 3.44. The second-order valence-electron chi connectivity index (χ2n) is 8.86. The normalized spacial score (nSPS) is 15.7. The van der Waals surface area contributed by atoms with E-state index in [0.29, 0.717) is 11.2 Å². The highest BCUT2D eigenvalue weighted by molar-refractivity contribution is 7.18. The van der Waals surface area contributed by atoms with Crippen LogP contribution in [0.5, 0.6) is 11.5 Å². The molecule has 1 aliphatic carbocycles. The van der Waals surface area contributed by atoms with Crippen molar-refractivity contribution in [2.45, 2.75) is 38.5 Å². The molecule has 2 heterocycles. The molecule has 0 saturated carbocycles. The maximum absolute atomic E-state index is 6.35. The zero-order valence-electron chi connectivity index (χ0n) is 19.4. The molecule has 0 saturated heterocycles. The first-order chi connectivity index (χ1) is 16.6. The topological polar surface area (TPSA) is 44.2 Å². The Bertz CT molecular complexity index is 1580. The fraction of sp³-hybridized carbons (Fsp3) is 0.286. The number of ether oxygens (including phenoxy) is 2. The van der Waals surface area contributed by atoms with Crippen molar-refractivity contribution in [3.05, 3.63) is 69.4 Å². The molecule has 3 aromatic carbocycles. The van der Waals surface area contributed by atoms with Crippen LogP contribution in [-0.2, 0) is 19.3 Å². The standard InChI is InChI=1S/C28H25ClN2O2S/c1-4-17-13-22-26(30-28(29)31-27(22)34-17)16-9-10-18-15(12-16)8-11-19-20-6-5-7-23(32-2)25(20)24(33-3)14-21(18)19/h5-8,11,13-14,16H,4,9-10,12H2,1-3H3. The van der Waals surface area contributed by atoms with Crippen molar-refractivity contribution in [2.24, 2.45) is 0 Å². The van der Waals surface area contributed by atoms with Crippen molar-refractivity contribution in [1.29, 1.82) is 0 Å². The SMILES string of the molecule is CCc1cc2c(C3CCc4c(ccc5c4cc(OC)c4c(OC)cccc45)C3)nc(Cl)nc2s1. The van der Waals surface area contributed by atoms with E-state index in [1.54, 1.807) is 25.6 Å². The molecule has 2 aromatic heterocycles. The lowest BCUT2D eigenvalue weighted by atomic mass is 9.79. The molecule has 6 rings (SSSR count). The van der Waals surface area contributed by atoms with Gasteiger partial charge in [0.1, 0.15) is 16.3 Å². The fourth-order valence-corrected chi connectivity index (χ4v) is 6.71. The maximum Gasteiger partial charge on any atom is 0.223 e. The van der Waals surface area contributed by atoms with Gasteiger partial charge in [-0.2, -0.15) is 0 Å². The van der Waals surface area contributed by atoms with Crippen molar-refractivity contribution in [3.63, 3.8) is 0 Å². The van der Waals surface area contributed by atoms with E-state index < -0.39 is 0 Å². The summed E-state index contributed by atoms with van der Waals surface area (Å²) in [4.78, 5) is 11.5. The molecule has 6 heteroatoms. The van der Waals surface area contributed by atoms with Crippen molar-refractivity contribution in [3.8, 4) is 11.5 Å². The molecular weight excluding hydrogens is 464 g/mol. The van der Waals surface area contributed by atoms with E-state index in [1.165, 1.54) is 32.2 Å². The lowest BCUT2D eigenvalue weighted by molar-refractivity contribution is 0.405. The van der Waals surface area contributed by atoms with E-state index in [1.807, 2.05) is 12.1 Å². The Balaban J connectivity index is 1.49. The summed E-state index contributed by atoms with van der Waals surface area (Å²) in [6, 6.07) is 15.2. The number of aryl methyl sites for hydroxylation is 2. The van der Waals surface area contributed by atoms with Gasteiger partial charge in [-0.1, -0.05) is 31.2 Å². The van der Waals surface area contributed by atoms with Gasteiger partial charge < -0.3 is 9.47 Å². The minimum atomic E-state index is 0.328. The van der Waals surface area contributed by atoms with Gasteiger partial charge in [0.2, 0.25) is 5.28 Å². The van der Waals surface area contributed by atoms with Gasteiger partial charge in [-0.05, 0) is 82.8 Å². The fourth-order valence-electron chi connectivity index (χ4n) is 5.51. The predicted molar refractivity (Wildman–Crippen MR) is 141 cm³/mol. The third-order valence-corrected chi connectivity index (χ3v) is 8.46. The maximum atomic E-state index is 6.35. The smallest absolute Gasteiger partial charge is 0.223 e. The Morgan fingerprint density at radius 1 is 0.971 bits per heavy atom. The van der Waals surface area contributed by atoms with Crippen LogP contribution in [-0.4, -0.2) is 24.2 Å². The molecule has 5 aromatic rings. The van der Waals surface area contributed by atoms with Gasteiger partial charge >= 0.3 is 0 Å². The van der Waals surface area contributed by atoms with E-state index >= 15 is 0 Å². The highest BCUT2D eigenvalue weighted by Crippen LogP contribution is 2.44. The highest BCUT2D eigenvalue weighted by Gasteiger charge is 2.26. The second-order valence-corrected chi connectivity index (χ2v) is 10.3. The number of aromatic nitrogens is 2. The van der Waals surface area contributed by atoms with E-state index in [-0.39, 0.29) is 0 Å². The van der Waals surface area contributed by atoms with Crippen LogP contribution >= 0.6 is 22.9 Å². The largest absolute Gasteiger partial charge is 0.496 e. The van der Waals surface area contributed by atoms with Crippen LogP contribution in [0, 0.1) is 0 Å². The van der Waals surface area contributed by atoms with Crippen molar-refractivity contribution < 1.29 is 9.47 Å². The summed E-state index contributed by atoms with van der Waals surface area (Å²) in [6.45, 7) is 2.18. The first kappa shape index (κ1) is 21.6. The van der Waals surface area contributed by atoms with Crippen molar-refractivity contribution in [2.75, 3.05) is 14.2 Å². The lowest BCUT2D eigenvalue weighted by Crippen LogP contribution is -2.15. The molecule has 1 aliphatic rings. The number of hydrogen-bond acceptors (Lipinski definition) is 5. The Morgan fingerprint density at radius 2 is 1.82 bits per heavy atom. The number of methoxy groups -OCH3 is 2. The van der Waals surface area contributed by atoms with E-state index in [4.69, 9.17) is 26.1 Å². The average Bonchev–Trinajstić information content (AvgIpc) is 3.29. The Labute approximate surface area is 207 Å². The molecule has 1 atom stereocenters. The number of nitrogens with zero attached hydrogens (tertiary/aromatic N) is 2. The molecule has 34 heavy (non-hydrogen) atoms. The summed E-state index contributed by atoms with van der Waals surface area (Å²) in [6.07, 6.45) is 3.97. The zero-order valence-corrected chi connectivity index (χ0v) is 21.0. The minimum absolute atomic E-state index is 0.328. The van der Waals surface area contributed by atoms with Gasteiger partial charge in [0.25, 0.3) is 0 Å². The van der Waals surface area contributed by atoms with Gasteiger partial charge in [0.05, 0.1) is 25.3 Å². The number of thiophene rings is 1. The monoisotopic (exact) mass is 488 g/mol. The first-order valence-electron chi connectivity index (χ1n) is 11.6. The third-order valence-electron chi connectivity index (χ3n) is 7.12. The molecule has 0 N–H and O–H groups in total. The quantitative estimate of drug-likeness (QED) is 0.194. The van der Waals surface area contributed by atoms with Gasteiger partial charge in [0.15, 0.2) is 0 Å². The highest BCUT2D eigenvalue weighted by atomic mass is 35.5. The molecule has 0 spiro atoms. The number of benzene rings is 3. The average molecular weight is 489 g/mol. The molecule has 0 radical (unpaired) electrons. The Morgan fingerprint density at radius 3 is 2.62 bits per heavy atom. The van der Waals surface area contributed by atoms with Crippen LogP contribution in [0.2, 0.25) is 5.28 Å². The van der Waals surface area contributed by atoms with Gasteiger partial charge in [-0.25, -0.2) is 9.97 Å². The molecule has 0 aliphatic heterocycles. The van der Waals surface area contributed by atoms with Crippen LogP contribution in [0.3, 0.4) is 0 Å². The number of hydrogen-bond donors (Lipinski definition) is 0. The van der Waals surface area contributed by atoms with Gasteiger partial charge in [0, 0.05) is 16.2 Å². The van der Waals surface area contributed by atoms with Gasteiger partial charge in [-0.3, -0.25) is 0 Å². The van der Waals surface area contributed by atoms with Crippen molar-refractivity contribution in [1.82, 2.24) is 9.97 Å². The molecule has 4 nitrogen and oxygen atoms in total. The summed E-state index contributed by atoms with van der Waals surface area (Å²) in [5.74, 6) is 2.01. The Kier molecular flexibility index (Phi) is 5.34. The van der Waals surface area contributed by atoms with Crippen LogP contribution in [0.25, 0.3) is 31.8 Å². The van der Waals surface area contributed by atoms with Crippen molar-refractivity contribution >= 4 is 54.7 Å². The van der Waals surface area contributed by atoms with Gasteiger partial charge in [-0.15, -0.1) is 11.3 Å². The summed E-state index contributed by atoms with van der Waals surface area (Å²) < 4.78 is 11.5. The molecule has 1 unspecified atom stereocenters. The van der Waals surface area contributed by atoms with E-state index in [2.05, 4.69) is 42.2 Å². The number of rotatable bonds is 4. The molecule has 0 fully saturated rings. The first-order valence-corrected chi connectivity index (χ1v) is 12.8. The van der Waals surface area contributed by atoms with Crippen LogP contribution < -0.4 is 9.47 Å². The summed E-state index contributed by atoms with van der Waals surface area (Å²) in [5, 5.41) is 6.21. The van der Waals surface area contributed by atoms with Crippen LogP contribution in [0.15, 0.2) is 42.5 Å². The van der Waals surface area contributed by atoms with E-state index in [9.17, 15) is 0 Å². The summed E-state index contributed by atoms with van der Waals surface area (Å²) in [5.41, 5.74) is 3.88. The minimum Gasteiger partial charge on any atom is -0.496 e. The lowest BCUT2D eigenvalue weighted by Gasteiger charge is -2.26. The van der Waals surface area contributed by atoms with Crippen LogP contribution in [0.1, 0.15) is 41.0 Å². The Hall–Kier alpha value is -2.89. The number of fused-ring (bicyclic) bond motifs is 6. The summed E-state index contributed by atoms with van der Waals surface area (Å²) >= 11 is 8.07. The predicted octanol–water partition coefficient (Wildman–Crippen LogP) is 7.50. The molecule has 172 valence electrons. The molecule has 0 amide bonds. The molecular formula is C28H25ClN2O2S. The van der Waals surface area contributed by atoms with E-state index in [0.717, 1.165) is 58.5 Å². The number of halogens is 1.